The number of piperidine rings is 2. The largest absolute Gasteiger partial charge is 0.506 e. The third kappa shape index (κ3) is 8.81. The lowest BCUT2D eigenvalue weighted by Gasteiger charge is -2.36. The molecule has 5 heterocycles. The summed E-state index contributed by atoms with van der Waals surface area (Å²) >= 11 is 0. The molecule has 4 aliphatic rings. The Morgan fingerprint density at radius 2 is 1.33 bits per heavy atom. The van der Waals surface area contributed by atoms with Gasteiger partial charge < -0.3 is 33.7 Å². The van der Waals surface area contributed by atoms with Gasteiger partial charge in [-0.1, -0.05) is 37.6 Å². The van der Waals surface area contributed by atoms with E-state index in [9.17, 15) is 14.7 Å². The van der Waals surface area contributed by atoms with Crippen molar-refractivity contribution >= 4 is 29.9 Å². The molecule has 292 valence electrons. The van der Waals surface area contributed by atoms with Crippen molar-refractivity contribution in [2.75, 3.05) is 26.2 Å². The first kappa shape index (κ1) is 38.7. The van der Waals surface area contributed by atoms with E-state index in [0.29, 0.717) is 17.8 Å². The Morgan fingerprint density at radius 3 is 1.85 bits per heavy atom. The molecule has 0 atom stereocenters. The predicted octanol–water partition coefficient (Wildman–Crippen LogP) is 6.64. The van der Waals surface area contributed by atoms with Crippen LogP contribution < -0.4 is 14.9 Å². The maximum Gasteiger partial charge on any atom is 0.494 e. The van der Waals surface area contributed by atoms with Crippen molar-refractivity contribution in [1.29, 1.82) is 0 Å². The van der Waals surface area contributed by atoms with Crippen LogP contribution in [0.4, 0.5) is 0 Å². The van der Waals surface area contributed by atoms with Gasteiger partial charge in [0.2, 0.25) is 11.8 Å². The van der Waals surface area contributed by atoms with Gasteiger partial charge in [0.1, 0.15) is 35.0 Å². The van der Waals surface area contributed by atoms with Crippen LogP contribution in [0, 0.1) is 5.92 Å². The summed E-state index contributed by atoms with van der Waals surface area (Å²) in [5.74, 6) is 2.75. The quantitative estimate of drug-likeness (QED) is 0.200. The minimum atomic E-state index is -0.350. The highest BCUT2D eigenvalue weighted by molar-refractivity contribution is 6.62. The summed E-state index contributed by atoms with van der Waals surface area (Å²) in [7, 11) is -0.350. The van der Waals surface area contributed by atoms with Gasteiger partial charge in [-0.15, -0.1) is 0 Å². The monoisotopic (exact) mass is 750 g/mol. The summed E-state index contributed by atoms with van der Waals surface area (Å²) in [5, 5.41) is 14.4. The van der Waals surface area contributed by atoms with Crippen molar-refractivity contribution in [1.82, 2.24) is 19.4 Å². The zero-order chi connectivity index (χ0) is 38.7. The van der Waals surface area contributed by atoms with Crippen LogP contribution in [0.5, 0.6) is 17.2 Å². The second-order valence-corrected chi connectivity index (χ2v) is 16.3. The Bertz CT molecular complexity index is 1910. The molecule has 2 aromatic heterocycles. The first-order valence-electron chi connectivity index (χ1n) is 20.0. The minimum absolute atomic E-state index is 0.149. The summed E-state index contributed by atoms with van der Waals surface area (Å²) in [6, 6.07) is 19.4. The Labute approximate surface area is 325 Å². The molecule has 0 unspecified atom stereocenters. The first-order chi connectivity index (χ1) is 26.4. The molecule has 1 saturated carbocycles. The van der Waals surface area contributed by atoms with Gasteiger partial charge >= 0.3 is 7.12 Å². The van der Waals surface area contributed by atoms with Gasteiger partial charge in [0, 0.05) is 76.0 Å². The average molecular weight is 751 g/mol. The van der Waals surface area contributed by atoms with Gasteiger partial charge in [-0.05, 0) is 88.0 Å². The maximum absolute atomic E-state index is 12.4. The van der Waals surface area contributed by atoms with Crippen LogP contribution in [0.15, 0.2) is 73.1 Å². The number of benzene rings is 2. The molecule has 0 radical (unpaired) electrons. The second kappa shape index (κ2) is 16.3. The molecule has 2 amide bonds. The molecular weight excluding hydrogens is 695 g/mol. The lowest BCUT2D eigenvalue weighted by atomic mass is 9.79. The number of hydrogen-bond donors (Lipinski definition) is 1. The van der Waals surface area contributed by atoms with E-state index in [1.54, 1.807) is 22.8 Å². The van der Waals surface area contributed by atoms with Crippen LogP contribution in [0.3, 0.4) is 0 Å². The molecule has 4 aromatic rings. The summed E-state index contributed by atoms with van der Waals surface area (Å²) < 4.78 is 26.1. The Kier molecular flexibility index (Phi) is 11.5. The predicted molar refractivity (Wildman–Crippen MR) is 213 cm³/mol. The number of carbonyl (C=O) groups is 2. The number of aromatic hydroxyl groups is 1. The maximum atomic E-state index is 12.4. The fourth-order valence-corrected chi connectivity index (χ4v) is 7.52. The fraction of sp³-hybridized carbons (Fsp3) is 0.512. The summed E-state index contributed by atoms with van der Waals surface area (Å²) in [4.78, 5) is 28.1. The minimum Gasteiger partial charge on any atom is -0.506 e. The lowest BCUT2D eigenvalue weighted by Crippen LogP contribution is -2.45. The molecule has 0 bridgehead atoms. The van der Waals surface area contributed by atoms with Crippen molar-refractivity contribution in [3.05, 3.63) is 73.1 Å². The highest BCUT2D eigenvalue weighted by Gasteiger charge is 2.51. The molecule has 11 nitrogen and oxygen atoms in total. The number of fused-ring (bicyclic) bond motifs is 1. The molecule has 0 spiro atoms. The van der Waals surface area contributed by atoms with Crippen LogP contribution in [-0.2, 0) is 18.9 Å². The summed E-state index contributed by atoms with van der Waals surface area (Å²) in [5.41, 5.74) is 2.90. The molecule has 8 rings (SSSR count). The molecule has 3 aliphatic heterocycles. The Balaban J connectivity index is 0.000000170. The fourth-order valence-electron chi connectivity index (χ4n) is 7.52. The van der Waals surface area contributed by atoms with Gasteiger partial charge in [-0.2, -0.15) is 5.10 Å². The normalized spacial score (nSPS) is 20.1. The van der Waals surface area contributed by atoms with Gasteiger partial charge in [0.05, 0.1) is 17.4 Å². The number of amides is 2. The van der Waals surface area contributed by atoms with Crippen molar-refractivity contribution in [2.45, 2.75) is 109 Å². The van der Waals surface area contributed by atoms with Crippen LogP contribution in [0.1, 0.15) is 86.0 Å². The number of likely N-dealkylation sites (tertiary alicyclic amines) is 2. The molecule has 55 heavy (non-hydrogen) atoms. The van der Waals surface area contributed by atoms with E-state index >= 15 is 0 Å². The van der Waals surface area contributed by atoms with Gasteiger partial charge in [0.15, 0.2) is 0 Å². The highest BCUT2D eigenvalue weighted by atomic mass is 16.7. The Hall–Kier alpha value is -4.55. The van der Waals surface area contributed by atoms with Crippen molar-refractivity contribution in [3.8, 4) is 28.4 Å². The summed E-state index contributed by atoms with van der Waals surface area (Å²) in [6.45, 7) is 13.3. The van der Waals surface area contributed by atoms with Gasteiger partial charge in [-0.3, -0.25) is 9.59 Å². The standard InChI is InChI=1S/C23H25N3O3.C20H30BNO4/c27-22-14-18(15-26-21(22)8-11-24-26)16-4-6-19(7-5-16)29-20-9-12-25(13-10-20)23(28)17-2-1-3-17;1-6-18(23)22-13-11-17(12-14-22)24-16-9-7-15(8-10-16)21-25-19(2,3)20(4,5)26-21/h4-8,11,14-15,17,20,27H,1-3,9-10,12-13H2;7-10,17H,6,11-14H2,1-5H3. The molecule has 1 N–H and O–H groups in total. The van der Waals surface area contributed by atoms with E-state index in [4.69, 9.17) is 18.8 Å². The topological polar surface area (TPSA) is 115 Å². The number of carbonyl (C=O) groups excluding carboxylic acids is 2. The second-order valence-electron chi connectivity index (χ2n) is 16.3. The van der Waals surface area contributed by atoms with Gasteiger partial charge in [-0.25, -0.2) is 4.52 Å². The van der Waals surface area contributed by atoms with Crippen LogP contribution in [-0.4, -0.2) is 93.0 Å². The van der Waals surface area contributed by atoms with E-state index in [1.165, 1.54) is 6.42 Å². The van der Waals surface area contributed by atoms with E-state index in [0.717, 1.165) is 92.8 Å². The number of pyridine rings is 1. The summed E-state index contributed by atoms with van der Waals surface area (Å²) in [6.07, 6.45) is 11.3. The third-order valence-corrected chi connectivity index (χ3v) is 12.0. The number of ether oxygens (including phenoxy) is 2. The zero-order valence-electron chi connectivity index (χ0n) is 32.9. The van der Waals surface area contributed by atoms with E-state index < -0.39 is 0 Å². The Morgan fingerprint density at radius 1 is 0.782 bits per heavy atom. The molecule has 2 aromatic carbocycles. The van der Waals surface area contributed by atoms with E-state index in [-0.39, 0.29) is 48.1 Å². The molecule has 3 saturated heterocycles. The lowest BCUT2D eigenvalue weighted by molar-refractivity contribution is -0.140. The van der Waals surface area contributed by atoms with Gasteiger partial charge in [0.25, 0.3) is 0 Å². The first-order valence-corrected chi connectivity index (χ1v) is 20.0. The van der Waals surface area contributed by atoms with Crippen LogP contribution in [0.2, 0.25) is 0 Å². The molecule has 12 heteroatoms. The molecule has 1 aliphatic carbocycles. The number of hydrogen-bond acceptors (Lipinski definition) is 8. The smallest absolute Gasteiger partial charge is 0.494 e. The van der Waals surface area contributed by atoms with E-state index in [1.807, 2.05) is 71.5 Å². The molecular formula is C43H55BN4O7. The van der Waals surface area contributed by atoms with Crippen LogP contribution in [0.25, 0.3) is 16.6 Å². The number of nitrogens with zero attached hydrogens (tertiary/aromatic N) is 4. The van der Waals surface area contributed by atoms with Crippen molar-refractivity contribution < 1.29 is 33.5 Å². The number of rotatable bonds is 8. The molecule has 4 fully saturated rings. The number of aromatic nitrogens is 2. The van der Waals surface area contributed by atoms with Crippen molar-refractivity contribution in [2.24, 2.45) is 5.92 Å². The average Bonchev–Trinajstić information content (AvgIpc) is 3.73. The highest BCUT2D eigenvalue weighted by Crippen LogP contribution is 2.37. The van der Waals surface area contributed by atoms with E-state index in [2.05, 4.69) is 32.8 Å². The van der Waals surface area contributed by atoms with Crippen molar-refractivity contribution in [3.63, 3.8) is 0 Å². The SMILES string of the molecule is CCC(=O)N1CCC(Oc2ccc(B3OC(C)(C)C(C)(C)O3)cc2)CC1.O=C(C1CCC1)N1CCC(Oc2ccc(-c3cc(O)c4ccnn4c3)cc2)CC1. The zero-order valence-corrected chi connectivity index (χ0v) is 32.9. The van der Waals surface area contributed by atoms with Crippen LogP contribution >= 0.6 is 0 Å². The third-order valence-electron chi connectivity index (χ3n) is 12.0.